The van der Waals surface area contributed by atoms with Gasteiger partial charge in [-0.25, -0.2) is 0 Å². The average Bonchev–Trinajstić information content (AvgIpc) is 1.98. The highest BCUT2D eigenvalue weighted by Crippen LogP contribution is 2.08. The second-order valence-corrected chi connectivity index (χ2v) is 2.73. The molecule has 0 unspecified atom stereocenters. The largest absolute Gasteiger partial charge is 0.397 e. The summed E-state index contributed by atoms with van der Waals surface area (Å²) >= 11 is 0. The molecule has 0 bridgehead atoms. The van der Waals surface area contributed by atoms with Crippen molar-refractivity contribution in [2.45, 2.75) is 26.7 Å². The summed E-state index contributed by atoms with van der Waals surface area (Å²) in [5.74, 6) is 0. The Morgan fingerprint density at radius 1 is 1.45 bits per heavy atom. The van der Waals surface area contributed by atoms with Gasteiger partial charge in [0.05, 0.1) is 11.4 Å². The van der Waals surface area contributed by atoms with Gasteiger partial charge in [0.25, 0.3) is 0 Å². The molecule has 0 radical (unpaired) electrons. The van der Waals surface area contributed by atoms with E-state index < -0.39 is 0 Å². The Balaban J connectivity index is 2.86. The second kappa shape index (κ2) is 3.37. The van der Waals surface area contributed by atoms with Gasteiger partial charge < -0.3 is 5.73 Å². The maximum Gasteiger partial charge on any atom is 0.0604 e. The number of pyridine rings is 1. The highest BCUT2D eigenvalue weighted by atomic mass is 14.7. The summed E-state index contributed by atoms with van der Waals surface area (Å²) < 4.78 is 0. The fraction of sp³-hybridized carbons (Fsp3) is 0.444. The zero-order chi connectivity index (χ0) is 8.27. The lowest BCUT2D eigenvalue weighted by Gasteiger charge is -2.01. The van der Waals surface area contributed by atoms with Crippen molar-refractivity contribution in [1.29, 1.82) is 0 Å². The molecule has 1 heterocycles. The quantitative estimate of drug-likeness (QED) is 0.699. The van der Waals surface area contributed by atoms with Gasteiger partial charge in [-0.05, 0) is 25.5 Å². The van der Waals surface area contributed by atoms with Crippen molar-refractivity contribution in [2.24, 2.45) is 0 Å². The fourth-order valence-electron chi connectivity index (χ4n) is 1.02. The predicted molar refractivity (Wildman–Crippen MR) is 47.4 cm³/mol. The highest BCUT2D eigenvalue weighted by Gasteiger charge is 1.96. The molecule has 0 atom stereocenters. The summed E-state index contributed by atoms with van der Waals surface area (Å²) in [5.41, 5.74) is 8.48. The summed E-state index contributed by atoms with van der Waals surface area (Å²) in [6.45, 7) is 4.09. The summed E-state index contributed by atoms with van der Waals surface area (Å²) in [5, 5.41) is 0. The zero-order valence-corrected chi connectivity index (χ0v) is 7.09. The lowest BCUT2D eigenvalue weighted by atomic mass is 10.2. The van der Waals surface area contributed by atoms with E-state index in [-0.39, 0.29) is 0 Å². The van der Waals surface area contributed by atoms with E-state index in [0.29, 0.717) is 0 Å². The minimum atomic E-state index is 0.782. The maximum absolute atomic E-state index is 5.62. The van der Waals surface area contributed by atoms with Crippen LogP contribution in [0.5, 0.6) is 0 Å². The van der Waals surface area contributed by atoms with E-state index in [4.69, 9.17) is 5.73 Å². The molecule has 2 N–H and O–H groups in total. The first-order valence-corrected chi connectivity index (χ1v) is 3.96. The number of nitrogens with zero attached hydrogens (tertiary/aromatic N) is 1. The Kier molecular flexibility index (Phi) is 2.47. The maximum atomic E-state index is 5.62. The molecule has 0 amide bonds. The smallest absolute Gasteiger partial charge is 0.0604 e. The van der Waals surface area contributed by atoms with Crippen LogP contribution in [0.2, 0.25) is 0 Å². The Labute approximate surface area is 67.5 Å². The lowest BCUT2D eigenvalue weighted by molar-refractivity contribution is 0.875. The highest BCUT2D eigenvalue weighted by molar-refractivity contribution is 5.42. The van der Waals surface area contributed by atoms with Crippen LogP contribution < -0.4 is 5.73 Å². The van der Waals surface area contributed by atoms with Crippen LogP contribution in [0.25, 0.3) is 0 Å². The number of anilines is 1. The topological polar surface area (TPSA) is 38.9 Å². The van der Waals surface area contributed by atoms with E-state index in [2.05, 4.69) is 11.9 Å². The number of aromatic nitrogens is 1. The van der Waals surface area contributed by atoms with Crippen LogP contribution in [0.3, 0.4) is 0 Å². The van der Waals surface area contributed by atoms with Crippen LogP contribution in [-0.2, 0) is 6.42 Å². The van der Waals surface area contributed by atoms with E-state index in [9.17, 15) is 0 Å². The van der Waals surface area contributed by atoms with Gasteiger partial charge in [-0.3, -0.25) is 4.98 Å². The first-order valence-electron chi connectivity index (χ1n) is 3.96. The SMILES string of the molecule is CCCc1ccc(N)c(C)n1. The van der Waals surface area contributed by atoms with Crippen molar-refractivity contribution in [2.75, 3.05) is 5.73 Å². The minimum absolute atomic E-state index is 0.782. The molecule has 0 saturated heterocycles. The first kappa shape index (κ1) is 8.05. The monoisotopic (exact) mass is 150 g/mol. The van der Waals surface area contributed by atoms with E-state index in [1.54, 1.807) is 0 Å². The van der Waals surface area contributed by atoms with E-state index in [0.717, 1.165) is 29.9 Å². The van der Waals surface area contributed by atoms with Gasteiger partial charge in [-0.2, -0.15) is 0 Å². The van der Waals surface area contributed by atoms with Crippen LogP contribution in [0.15, 0.2) is 12.1 Å². The van der Waals surface area contributed by atoms with Crippen molar-refractivity contribution < 1.29 is 0 Å². The molecule has 2 heteroatoms. The predicted octanol–water partition coefficient (Wildman–Crippen LogP) is 1.92. The average molecular weight is 150 g/mol. The minimum Gasteiger partial charge on any atom is -0.397 e. The zero-order valence-electron chi connectivity index (χ0n) is 7.09. The summed E-state index contributed by atoms with van der Waals surface area (Å²) in [6.07, 6.45) is 2.18. The van der Waals surface area contributed by atoms with Crippen molar-refractivity contribution in [3.63, 3.8) is 0 Å². The molecule has 0 fully saturated rings. The number of nitrogens with two attached hydrogens (primary N) is 1. The number of rotatable bonds is 2. The number of hydrogen-bond donors (Lipinski definition) is 1. The summed E-state index contributed by atoms with van der Waals surface area (Å²) in [4.78, 5) is 4.34. The molecule has 0 spiro atoms. The first-order chi connectivity index (χ1) is 5.24. The molecule has 0 aliphatic rings. The van der Waals surface area contributed by atoms with Gasteiger partial charge in [-0.15, -0.1) is 0 Å². The molecule has 0 aromatic carbocycles. The molecule has 1 aromatic heterocycles. The molecule has 11 heavy (non-hydrogen) atoms. The Hall–Kier alpha value is -1.05. The van der Waals surface area contributed by atoms with Gasteiger partial charge in [0.2, 0.25) is 0 Å². The van der Waals surface area contributed by atoms with Crippen molar-refractivity contribution >= 4 is 5.69 Å². The van der Waals surface area contributed by atoms with E-state index >= 15 is 0 Å². The summed E-state index contributed by atoms with van der Waals surface area (Å²) in [6, 6.07) is 3.92. The molecule has 1 aromatic rings. The number of aryl methyl sites for hydroxylation is 2. The Morgan fingerprint density at radius 2 is 2.18 bits per heavy atom. The Morgan fingerprint density at radius 3 is 2.73 bits per heavy atom. The van der Waals surface area contributed by atoms with Crippen LogP contribution >= 0.6 is 0 Å². The number of nitrogen functional groups attached to an aromatic ring is 1. The molecule has 60 valence electrons. The van der Waals surface area contributed by atoms with Gasteiger partial charge in [-0.1, -0.05) is 13.3 Å². The third-order valence-electron chi connectivity index (χ3n) is 1.69. The third kappa shape index (κ3) is 1.93. The molecular weight excluding hydrogens is 136 g/mol. The Bertz CT molecular complexity index is 243. The van der Waals surface area contributed by atoms with Gasteiger partial charge in [0, 0.05) is 5.69 Å². The third-order valence-corrected chi connectivity index (χ3v) is 1.69. The standard InChI is InChI=1S/C9H14N2/c1-3-4-8-5-6-9(10)7(2)11-8/h5-6H,3-4,10H2,1-2H3. The summed E-state index contributed by atoms with van der Waals surface area (Å²) in [7, 11) is 0. The molecular formula is C9H14N2. The van der Waals surface area contributed by atoms with Crippen LogP contribution in [0.1, 0.15) is 24.7 Å². The van der Waals surface area contributed by atoms with E-state index in [1.165, 1.54) is 0 Å². The molecule has 0 aliphatic carbocycles. The second-order valence-electron chi connectivity index (χ2n) is 2.73. The van der Waals surface area contributed by atoms with Crippen LogP contribution in [-0.4, -0.2) is 4.98 Å². The lowest BCUT2D eigenvalue weighted by Crippen LogP contribution is -1.96. The van der Waals surface area contributed by atoms with Crippen molar-refractivity contribution in [3.8, 4) is 0 Å². The van der Waals surface area contributed by atoms with Gasteiger partial charge >= 0.3 is 0 Å². The molecule has 0 aliphatic heterocycles. The van der Waals surface area contributed by atoms with Crippen LogP contribution in [0.4, 0.5) is 5.69 Å². The molecule has 2 nitrogen and oxygen atoms in total. The van der Waals surface area contributed by atoms with Gasteiger partial charge in [0.1, 0.15) is 0 Å². The van der Waals surface area contributed by atoms with Crippen molar-refractivity contribution in [1.82, 2.24) is 4.98 Å². The van der Waals surface area contributed by atoms with Crippen molar-refractivity contribution in [3.05, 3.63) is 23.5 Å². The van der Waals surface area contributed by atoms with Crippen LogP contribution in [0, 0.1) is 6.92 Å². The van der Waals surface area contributed by atoms with Gasteiger partial charge in [0.15, 0.2) is 0 Å². The molecule has 0 saturated carbocycles. The normalized spacial score (nSPS) is 10.0. The molecule has 1 rings (SSSR count). The fourth-order valence-corrected chi connectivity index (χ4v) is 1.02. The number of hydrogen-bond acceptors (Lipinski definition) is 2. The van der Waals surface area contributed by atoms with E-state index in [1.807, 2.05) is 19.1 Å².